The van der Waals surface area contributed by atoms with E-state index in [0.29, 0.717) is 6.54 Å². The second kappa shape index (κ2) is 3.56. The van der Waals surface area contributed by atoms with Crippen LogP contribution in [0.15, 0.2) is 12.7 Å². The first kappa shape index (κ1) is 10.0. The summed E-state index contributed by atoms with van der Waals surface area (Å²) in [7, 11) is 0. The molecule has 3 fully saturated rings. The maximum Gasteiger partial charge on any atom is 0.410 e. The lowest BCUT2D eigenvalue weighted by Gasteiger charge is -2.32. The number of carbonyl (C=O) groups is 2. The van der Waals surface area contributed by atoms with Gasteiger partial charge in [-0.05, 0) is 12.3 Å². The zero-order chi connectivity index (χ0) is 11.0. The van der Waals surface area contributed by atoms with Gasteiger partial charge in [0.05, 0.1) is 5.92 Å². The summed E-state index contributed by atoms with van der Waals surface area (Å²) in [5.74, 6) is -1.08. The first-order valence-electron chi connectivity index (χ1n) is 4.92. The van der Waals surface area contributed by atoms with Gasteiger partial charge in [-0.25, -0.2) is 4.79 Å². The summed E-state index contributed by atoms with van der Waals surface area (Å²) in [5.41, 5.74) is 0. The van der Waals surface area contributed by atoms with Gasteiger partial charge in [-0.15, -0.1) is 0 Å². The summed E-state index contributed by atoms with van der Waals surface area (Å²) >= 11 is 0. The molecule has 2 saturated heterocycles. The molecule has 1 aliphatic carbocycles. The van der Waals surface area contributed by atoms with Gasteiger partial charge in [0.2, 0.25) is 0 Å². The monoisotopic (exact) mass is 211 g/mol. The van der Waals surface area contributed by atoms with Crippen molar-refractivity contribution in [3.8, 4) is 0 Å². The van der Waals surface area contributed by atoms with Crippen molar-refractivity contribution in [3.63, 3.8) is 0 Å². The van der Waals surface area contributed by atoms with Crippen molar-refractivity contribution in [2.45, 2.75) is 12.5 Å². The SMILES string of the molecule is C=CCOC(=O)N1C[C@@H]2C[C@H]1[C@@H]2C(=O)O. The Morgan fingerprint density at radius 2 is 2.33 bits per heavy atom. The van der Waals surface area contributed by atoms with Crippen LogP contribution in [0.25, 0.3) is 0 Å². The van der Waals surface area contributed by atoms with E-state index in [1.807, 2.05) is 0 Å². The Hall–Kier alpha value is -1.52. The van der Waals surface area contributed by atoms with Crippen LogP contribution in [-0.2, 0) is 9.53 Å². The van der Waals surface area contributed by atoms with Crippen LogP contribution >= 0.6 is 0 Å². The minimum absolute atomic E-state index is 0.115. The first-order valence-corrected chi connectivity index (χ1v) is 4.92. The highest BCUT2D eigenvalue weighted by Gasteiger charge is 2.57. The van der Waals surface area contributed by atoms with Crippen molar-refractivity contribution < 1.29 is 19.4 Å². The summed E-state index contributed by atoms with van der Waals surface area (Å²) in [5, 5.41) is 8.89. The Morgan fingerprint density at radius 3 is 2.87 bits per heavy atom. The number of fused-ring (bicyclic) bond motifs is 1. The summed E-state index contributed by atoms with van der Waals surface area (Å²) in [6.07, 6.45) is 1.86. The molecule has 5 nitrogen and oxygen atoms in total. The molecule has 1 saturated carbocycles. The largest absolute Gasteiger partial charge is 0.481 e. The van der Waals surface area contributed by atoms with Gasteiger partial charge in [0, 0.05) is 12.6 Å². The molecule has 2 bridgehead atoms. The molecule has 0 unspecified atom stereocenters. The average molecular weight is 211 g/mol. The summed E-state index contributed by atoms with van der Waals surface area (Å²) in [6, 6.07) is -0.162. The third-order valence-electron chi connectivity index (χ3n) is 3.14. The number of carboxylic acids is 1. The van der Waals surface area contributed by atoms with Gasteiger partial charge in [-0.3, -0.25) is 4.79 Å². The number of amides is 1. The molecule has 5 heteroatoms. The van der Waals surface area contributed by atoms with Gasteiger partial charge in [0.25, 0.3) is 0 Å². The molecule has 3 rings (SSSR count). The minimum atomic E-state index is -0.810. The van der Waals surface area contributed by atoms with E-state index < -0.39 is 12.1 Å². The van der Waals surface area contributed by atoms with Gasteiger partial charge in [0.1, 0.15) is 6.61 Å². The molecular weight excluding hydrogens is 198 g/mol. The standard InChI is InChI=1S/C10H13NO4/c1-2-3-15-10(14)11-5-6-4-7(11)8(6)9(12)13/h2,6-8H,1,3-5H2,(H,12,13)/t6-,7-,8+/m0/s1. The molecule has 1 N–H and O–H groups in total. The maximum atomic E-state index is 11.5. The summed E-state index contributed by atoms with van der Waals surface area (Å²) in [6.45, 7) is 4.12. The molecule has 82 valence electrons. The molecule has 0 aromatic heterocycles. The molecule has 0 radical (unpaired) electrons. The number of ether oxygens (including phenoxy) is 1. The Kier molecular flexibility index (Phi) is 2.38. The molecule has 3 atom stereocenters. The third-order valence-corrected chi connectivity index (χ3v) is 3.14. The molecule has 3 aliphatic rings. The molecule has 0 aromatic rings. The number of hydrogen-bond acceptors (Lipinski definition) is 3. The smallest absolute Gasteiger partial charge is 0.410 e. The summed E-state index contributed by atoms with van der Waals surface area (Å²) < 4.78 is 4.88. The van der Waals surface area contributed by atoms with E-state index in [9.17, 15) is 9.59 Å². The van der Waals surface area contributed by atoms with Crippen LogP contribution in [0.5, 0.6) is 0 Å². The third kappa shape index (κ3) is 1.48. The fourth-order valence-corrected chi connectivity index (χ4v) is 2.41. The molecule has 0 spiro atoms. The number of carboxylic acid groups (broad SMARTS) is 1. The molecular formula is C10H13NO4. The van der Waals surface area contributed by atoms with Crippen LogP contribution < -0.4 is 0 Å². The van der Waals surface area contributed by atoms with Crippen LogP contribution in [0.2, 0.25) is 0 Å². The van der Waals surface area contributed by atoms with E-state index in [0.717, 1.165) is 6.42 Å². The molecule has 2 heterocycles. The van der Waals surface area contributed by atoms with E-state index in [2.05, 4.69) is 6.58 Å². The maximum absolute atomic E-state index is 11.5. The topological polar surface area (TPSA) is 66.8 Å². The lowest BCUT2D eigenvalue weighted by molar-refractivity contribution is -0.147. The van der Waals surface area contributed by atoms with Crippen molar-refractivity contribution >= 4 is 12.1 Å². The van der Waals surface area contributed by atoms with Gasteiger partial charge in [0.15, 0.2) is 0 Å². The molecule has 2 aliphatic heterocycles. The quantitative estimate of drug-likeness (QED) is 0.698. The molecule has 15 heavy (non-hydrogen) atoms. The van der Waals surface area contributed by atoms with Crippen LogP contribution in [0.1, 0.15) is 6.42 Å². The van der Waals surface area contributed by atoms with Crippen LogP contribution in [0.4, 0.5) is 4.79 Å². The van der Waals surface area contributed by atoms with Crippen molar-refractivity contribution in [1.82, 2.24) is 4.90 Å². The van der Waals surface area contributed by atoms with Crippen LogP contribution in [-0.4, -0.2) is 41.3 Å². The Bertz CT molecular complexity index is 315. The average Bonchev–Trinajstić information content (AvgIpc) is 2.70. The zero-order valence-corrected chi connectivity index (χ0v) is 8.26. The number of hydrogen-bond donors (Lipinski definition) is 1. The van der Waals surface area contributed by atoms with E-state index in [1.54, 1.807) is 0 Å². The highest BCUT2D eigenvalue weighted by Crippen LogP contribution is 2.46. The van der Waals surface area contributed by atoms with E-state index in [1.165, 1.54) is 11.0 Å². The van der Waals surface area contributed by atoms with E-state index >= 15 is 0 Å². The predicted molar refractivity (Wildman–Crippen MR) is 51.3 cm³/mol. The van der Waals surface area contributed by atoms with E-state index in [4.69, 9.17) is 9.84 Å². The van der Waals surface area contributed by atoms with Crippen LogP contribution in [0, 0.1) is 11.8 Å². The predicted octanol–water partition coefficient (Wildman–Crippen LogP) is 0.714. The normalized spacial score (nSPS) is 32.0. The van der Waals surface area contributed by atoms with Gasteiger partial charge in [-0.1, -0.05) is 12.7 Å². The Balaban J connectivity index is 1.94. The van der Waals surface area contributed by atoms with E-state index in [-0.39, 0.29) is 24.5 Å². The van der Waals surface area contributed by atoms with Gasteiger partial charge in [-0.2, -0.15) is 0 Å². The highest BCUT2D eigenvalue weighted by atomic mass is 16.6. The van der Waals surface area contributed by atoms with Crippen LogP contribution in [0.3, 0.4) is 0 Å². The van der Waals surface area contributed by atoms with Crippen molar-refractivity contribution in [2.24, 2.45) is 11.8 Å². The number of carbonyl (C=O) groups excluding carboxylic acids is 1. The molecule has 0 aromatic carbocycles. The number of aliphatic carboxylic acids is 1. The first-order chi connectivity index (χ1) is 7.15. The number of rotatable bonds is 3. The minimum Gasteiger partial charge on any atom is -0.481 e. The lowest BCUT2D eigenvalue weighted by Crippen LogP contribution is -2.45. The second-order valence-electron chi connectivity index (χ2n) is 3.95. The fraction of sp³-hybridized carbons (Fsp3) is 0.600. The van der Waals surface area contributed by atoms with Gasteiger partial charge < -0.3 is 14.7 Å². The number of nitrogens with zero attached hydrogens (tertiary/aromatic N) is 1. The van der Waals surface area contributed by atoms with Gasteiger partial charge >= 0.3 is 12.1 Å². The highest BCUT2D eigenvalue weighted by molar-refractivity contribution is 5.77. The van der Waals surface area contributed by atoms with Crippen molar-refractivity contribution in [1.29, 1.82) is 0 Å². The van der Waals surface area contributed by atoms with Crippen molar-refractivity contribution in [3.05, 3.63) is 12.7 Å². The fourth-order valence-electron chi connectivity index (χ4n) is 2.41. The Morgan fingerprint density at radius 1 is 1.60 bits per heavy atom. The summed E-state index contributed by atoms with van der Waals surface area (Å²) in [4.78, 5) is 23.8. The molecule has 1 amide bonds. The second-order valence-corrected chi connectivity index (χ2v) is 3.95. The zero-order valence-electron chi connectivity index (χ0n) is 8.26. The lowest BCUT2D eigenvalue weighted by atomic mass is 9.74. The Labute approximate surface area is 87.3 Å². The van der Waals surface area contributed by atoms with Crippen molar-refractivity contribution in [2.75, 3.05) is 13.2 Å².